The Labute approximate surface area is 65.4 Å². The van der Waals surface area contributed by atoms with Crippen LogP contribution in [0.25, 0.3) is 0 Å². The van der Waals surface area contributed by atoms with Crippen LogP contribution in [0.2, 0.25) is 0 Å². The van der Waals surface area contributed by atoms with Crippen LogP contribution < -0.4 is 0 Å². The molecule has 2 fully saturated rings. The van der Waals surface area contributed by atoms with Crippen LogP contribution in [0.4, 0.5) is 0 Å². The van der Waals surface area contributed by atoms with Crippen LogP contribution in [-0.2, 0) is 9.53 Å². The van der Waals surface area contributed by atoms with E-state index >= 15 is 0 Å². The molecule has 1 saturated carbocycles. The van der Waals surface area contributed by atoms with Gasteiger partial charge in [0.05, 0.1) is 19.8 Å². The third kappa shape index (κ3) is 0.993. The van der Waals surface area contributed by atoms with E-state index in [1.807, 2.05) is 0 Å². The van der Waals surface area contributed by atoms with Gasteiger partial charge >= 0.3 is 0 Å². The van der Waals surface area contributed by atoms with Gasteiger partial charge in [0.2, 0.25) is 0 Å². The smallest absolute Gasteiger partial charge is 0.144 e. The van der Waals surface area contributed by atoms with Crippen LogP contribution in [0.5, 0.6) is 0 Å². The Morgan fingerprint density at radius 2 is 2.36 bits per heavy atom. The van der Waals surface area contributed by atoms with E-state index in [9.17, 15) is 4.79 Å². The Hall–Kier alpha value is -0.410. The average Bonchev–Trinajstić information content (AvgIpc) is 2.25. The first kappa shape index (κ1) is 7.25. The van der Waals surface area contributed by atoms with E-state index in [1.165, 1.54) is 0 Å². The van der Waals surface area contributed by atoms with Gasteiger partial charge in [0.15, 0.2) is 0 Å². The van der Waals surface area contributed by atoms with E-state index in [0.717, 1.165) is 6.42 Å². The second kappa shape index (κ2) is 2.57. The Morgan fingerprint density at radius 1 is 1.55 bits per heavy atom. The van der Waals surface area contributed by atoms with Crippen LogP contribution >= 0.6 is 0 Å². The molecule has 11 heavy (non-hydrogen) atoms. The minimum atomic E-state index is -0.123. The van der Waals surface area contributed by atoms with Crippen molar-refractivity contribution in [3.63, 3.8) is 0 Å². The van der Waals surface area contributed by atoms with E-state index in [1.54, 1.807) is 0 Å². The fourth-order valence-electron chi connectivity index (χ4n) is 2.12. The number of fused-ring (bicyclic) bond motifs is 2. The highest BCUT2D eigenvalue weighted by atomic mass is 16.5. The van der Waals surface area contributed by atoms with Gasteiger partial charge in [-0.3, -0.25) is 4.79 Å². The van der Waals surface area contributed by atoms with Crippen molar-refractivity contribution in [2.75, 3.05) is 19.8 Å². The lowest BCUT2D eigenvalue weighted by molar-refractivity contribution is -0.125. The van der Waals surface area contributed by atoms with Crippen molar-refractivity contribution in [3.05, 3.63) is 0 Å². The Morgan fingerprint density at radius 3 is 3.00 bits per heavy atom. The number of hydrogen-bond donors (Lipinski definition) is 1. The quantitative estimate of drug-likeness (QED) is 0.573. The number of rotatable bonds is 1. The van der Waals surface area contributed by atoms with Crippen LogP contribution in [-0.4, -0.2) is 30.7 Å². The molecule has 2 aliphatic rings. The van der Waals surface area contributed by atoms with E-state index < -0.39 is 0 Å². The van der Waals surface area contributed by atoms with Crippen LogP contribution in [0, 0.1) is 17.8 Å². The van der Waals surface area contributed by atoms with Crippen LogP contribution in [0.3, 0.4) is 0 Å². The number of hydrogen-bond acceptors (Lipinski definition) is 3. The SMILES string of the molecule is O=C1C2COCC(C2)C1CO. The highest BCUT2D eigenvalue weighted by Crippen LogP contribution is 2.36. The summed E-state index contributed by atoms with van der Waals surface area (Å²) in [6.45, 7) is 1.24. The molecule has 3 heteroatoms. The maximum Gasteiger partial charge on any atom is 0.144 e. The zero-order chi connectivity index (χ0) is 7.84. The predicted molar refractivity (Wildman–Crippen MR) is 38.0 cm³/mol. The average molecular weight is 156 g/mol. The zero-order valence-corrected chi connectivity index (χ0v) is 6.32. The predicted octanol–water partition coefficient (Wildman–Crippen LogP) is -0.170. The van der Waals surface area contributed by atoms with Crippen LogP contribution in [0.1, 0.15) is 6.42 Å². The van der Waals surface area contributed by atoms with E-state index in [2.05, 4.69) is 0 Å². The monoisotopic (exact) mass is 156 g/mol. The molecule has 0 amide bonds. The molecule has 3 unspecified atom stereocenters. The third-order valence-corrected chi connectivity index (χ3v) is 2.77. The number of Topliss-reactive ketones (excluding diaryl/α,β-unsaturated/α-hetero) is 1. The van der Waals surface area contributed by atoms with Gasteiger partial charge in [0, 0.05) is 11.8 Å². The number of aliphatic hydroxyl groups is 1. The Kier molecular flexibility index (Phi) is 1.69. The van der Waals surface area contributed by atoms with Gasteiger partial charge in [0.1, 0.15) is 5.78 Å². The van der Waals surface area contributed by atoms with Crippen molar-refractivity contribution in [2.45, 2.75) is 6.42 Å². The molecule has 0 radical (unpaired) electrons. The summed E-state index contributed by atoms with van der Waals surface area (Å²) in [6.07, 6.45) is 0.935. The standard InChI is InChI=1S/C8H12O3/c9-2-7-5-1-6(8(7)10)4-11-3-5/h5-7,9H,1-4H2. The molecule has 0 aromatic heterocycles. The minimum Gasteiger partial charge on any atom is -0.396 e. The highest BCUT2D eigenvalue weighted by molar-refractivity contribution is 5.86. The summed E-state index contributed by atoms with van der Waals surface area (Å²) in [5, 5.41) is 8.91. The van der Waals surface area contributed by atoms with Crippen molar-refractivity contribution in [1.29, 1.82) is 0 Å². The van der Waals surface area contributed by atoms with Crippen molar-refractivity contribution >= 4 is 5.78 Å². The first-order valence-electron chi connectivity index (χ1n) is 4.05. The lowest BCUT2D eigenvalue weighted by Gasteiger charge is -2.18. The maximum absolute atomic E-state index is 11.4. The summed E-state index contributed by atoms with van der Waals surface area (Å²) in [7, 11) is 0. The van der Waals surface area contributed by atoms with Crippen molar-refractivity contribution in [2.24, 2.45) is 17.8 Å². The van der Waals surface area contributed by atoms with E-state index in [4.69, 9.17) is 9.84 Å². The molecule has 62 valence electrons. The van der Waals surface area contributed by atoms with Gasteiger partial charge in [-0.25, -0.2) is 0 Å². The molecule has 1 aliphatic heterocycles. The molecule has 0 aromatic rings. The third-order valence-electron chi connectivity index (χ3n) is 2.77. The number of aliphatic hydroxyl groups excluding tert-OH is 1. The summed E-state index contributed by atoms with van der Waals surface area (Å²) in [5.74, 6) is 0.481. The molecule has 1 saturated heterocycles. The fraction of sp³-hybridized carbons (Fsp3) is 0.875. The van der Waals surface area contributed by atoms with Gasteiger partial charge in [0.25, 0.3) is 0 Å². The number of ketones is 1. The first-order chi connectivity index (χ1) is 5.33. The normalized spacial score (nSPS) is 43.0. The Bertz CT molecular complexity index is 178. The van der Waals surface area contributed by atoms with Gasteiger partial charge < -0.3 is 9.84 Å². The zero-order valence-electron chi connectivity index (χ0n) is 6.32. The summed E-state index contributed by atoms with van der Waals surface area (Å²) < 4.78 is 5.23. The molecule has 0 spiro atoms. The second-order valence-corrected chi connectivity index (χ2v) is 3.42. The minimum absolute atomic E-state index is 0.00333. The van der Waals surface area contributed by atoms with Crippen molar-refractivity contribution in [1.82, 2.24) is 0 Å². The van der Waals surface area contributed by atoms with Crippen molar-refractivity contribution < 1.29 is 14.6 Å². The molecule has 1 heterocycles. The Balaban J connectivity index is 2.17. The molecular weight excluding hydrogens is 144 g/mol. The van der Waals surface area contributed by atoms with Crippen molar-refractivity contribution in [3.8, 4) is 0 Å². The lowest BCUT2D eigenvalue weighted by Crippen LogP contribution is -2.21. The number of carbonyl (C=O) groups is 1. The summed E-state index contributed by atoms with van der Waals surface area (Å²) >= 11 is 0. The molecule has 0 aromatic carbocycles. The van der Waals surface area contributed by atoms with Gasteiger partial charge in [-0.1, -0.05) is 0 Å². The number of carbonyl (C=O) groups excluding carboxylic acids is 1. The highest BCUT2D eigenvalue weighted by Gasteiger charge is 2.44. The van der Waals surface area contributed by atoms with Gasteiger partial charge in [-0.2, -0.15) is 0 Å². The van der Waals surface area contributed by atoms with Crippen LogP contribution in [0.15, 0.2) is 0 Å². The molecule has 2 rings (SSSR count). The maximum atomic E-state index is 11.4. The molecule has 3 nitrogen and oxygen atoms in total. The molecular formula is C8H12O3. The van der Waals surface area contributed by atoms with E-state index in [0.29, 0.717) is 19.1 Å². The van der Waals surface area contributed by atoms with Gasteiger partial charge in [-0.05, 0) is 12.3 Å². The second-order valence-electron chi connectivity index (χ2n) is 3.42. The van der Waals surface area contributed by atoms with E-state index in [-0.39, 0.29) is 24.2 Å². The molecule has 2 bridgehead atoms. The molecule has 1 N–H and O–H groups in total. The number of ether oxygens (including phenoxy) is 1. The summed E-state index contributed by atoms with van der Waals surface area (Å²) in [5.41, 5.74) is 0. The van der Waals surface area contributed by atoms with Gasteiger partial charge in [-0.15, -0.1) is 0 Å². The summed E-state index contributed by atoms with van der Waals surface area (Å²) in [4.78, 5) is 11.4. The first-order valence-corrected chi connectivity index (χ1v) is 4.05. The fourth-order valence-corrected chi connectivity index (χ4v) is 2.12. The molecule has 3 atom stereocenters. The largest absolute Gasteiger partial charge is 0.396 e. The molecule has 1 aliphatic carbocycles. The lowest BCUT2D eigenvalue weighted by atomic mass is 9.97. The topological polar surface area (TPSA) is 46.5 Å². The summed E-state index contributed by atoms with van der Waals surface area (Å²) in [6, 6.07) is 0.